The number of nitrogens with zero attached hydrogens (tertiary/aromatic N) is 1. The predicted octanol–water partition coefficient (Wildman–Crippen LogP) is 4.58. The summed E-state index contributed by atoms with van der Waals surface area (Å²) in [7, 11) is 0. The van der Waals surface area contributed by atoms with Gasteiger partial charge in [-0.2, -0.15) is 0 Å². The monoisotopic (exact) mass is 299 g/mol. The number of rotatable bonds is 3. The lowest BCUT2D eigenvalue weighted by Gasteiger charge is -2.02. The molecule has 5 heteroatoms. The second-order valence-electron chi connectivity index (χ2n) is 4.68. The molecule has 0 aliphatic rings. The third kappa shape index (κ3) is 3.03. The number of nitrogens with two attached hydrogens (primary N) is 1. The van der Waals surface area contributed by atoms with Gasteiger partial charge in [0.1, 0.15) is 5.82 Å². The Labute approximate surface area is 126 Å². The highest BCUT2D eigenvalue weighted by molar-refractivity contribution is 7.16. The number of aromatic nitrogens is 1. The molecule has 21 heavy (non-hydrogen) atoms. The van der Waals surface area contributed by atoms with E-state index in [1.165, 1.54) is 12.1 Å². The molecule has 3 nitrogen and oxygen atoms in total. The fraction of sp³-hybridized carbons (Fsp3) is 0.0625. The molecule has 0 radical (unpaired) electrons. The Bertz CT molecular complexity index is 765. The molecule has 3 aromatic rings. The van der Waals surface area contributed by atoms with Crippen molar-refractivity contribution in [1.82, 2.24) is 4.98 Å². The van der Waals surface area contributed by atoms with Crippen LogP contribution in [-0.4, -0.2) is 4.98 Å². The van der Waals surface area contributed by atoms with Crippen molar-refractivity contribution in [3.8, 4) is 11.3 Å². The summed E-state index contributed by atoms with van der Waals surface area (Å²) >= 11 is 1.56. The number of nitrogens with one attached hydrogen (secondary N) is 1. The molecule has 3 rings (SSSR count). The molecule has 0 aliphatic carbocycles. The van der Waals surface area contributed by atoms with E-state index in [0.29, 0.717) is 5.69 Å². The van der Waals surface area contributed by atoms with Gasteiger partial charge in [-0.05, 0) is 49.4 Å². The zero-order valence-corrected chi connectivity index (χ0v) is 12.2. The fourth-order valence-corrected chi connectivity index (χ4v) is 2.92. The summed E-state index contributed by atoms with van der Waals surface area (Å²) in [6, 6.07) is 13.9. The van der Waals surface area contributed by atoms with Gasteiger partial charge in [0.05, 0.1) is 5.69 Å². The van der Waals surface area contributed by atoms with Gasteiger partial charge in [0.25, 0.3) is 0 Å². The van der Waals surface area contributed by atoms with Crippen LogP contribution in [-0.2, 0) is 0 Å². The zero-order chi connectivity index (χ0) is 14.8. The van der Waals surface area contributed by atoms with Crippen LogP contribution in [0, 0.1) is 12.7 Å². The van der Waals surface area contributed by atoms with E-state index in [1.54, 1.807) is 23.5 Å². The second kappa shape index (κ2) is 5.54. The lowest BCUT2D eigenvalue weighted by atomic mass is 10.1. The number of aryl methyl sites for hydroxylation is 1. The number of anilines is 3. The minimum absolute atomic E-state index is 0.246. The Morgan fingerprint density at radius 1 is 1.14 bits per heavy atom. The van der Waals surface area contributed by atoms with E-state index in [-0.39, 0.29) is 5.82 Å². The van der Waals surface area contributed by atoms with Gasteiger partial charge in [0, 0.05) is 21.8 Å². The van der Waals surface area contributed by atoms with Gasteiger partial charge in [0.15, 0.2) is 5.13 Å². The zero-order valence-electron chi connectivity index (χ0n) is 11.4. The highest BCUT2D eigenvalue weighted by atomic mass is 32.1. The van der Waals surface area contributed by atoms with Crippen molar-refractivity contribution in [2.75, 3.05) is 11.1 Å². The third-order valence-electron chi connectivity index (χ3n) is 3.05. The minimum atomic E-state index is -0.246. The molecule has 0 amide bonds. The largest absolute Gasteiger partial charge is 0.399 e. The Balaban J connectivity index is 1.89. The summed E-state index contributed by atoms with van der Waals surface area (Å²) in [5, 5.41) is 4.03. The van der Waals surface area contributed by atoms with E-state index in [4.69, 9.17) is 5.73 Å². The predicted molar refractivity (Wildman–Crippen MR) is 86.4 cm³/mol. The maximum Gasteiger partial charge on any atom is 0.187 e. The first-order valence-electron chi connectivity index (χ1n) is 6.48. The van der Waals surface area contributed by atoms with Crippen LogP contribution in [0.5, 0.6) is 0 Å². The molecule has 1 heterocycles. The van der Waals surface area contributed by atoms with Crippen LogP contribution in [0.3, 0.4) is 0 Å². The second-order valence-corrected chi connectivity index (χ2v) is 5.88. The highest BCUT2D eigenvalue weighted by Gasteiger charge is 2.10. The maximum absolute atomic E-state index is 13.0. The van der Waals surface area contributed by atoms with Gasteiger partial charge in [-0.3, -0.25) is 0 Å². The number of nitrogen functional groups attached to an aromatic ring is 1. The van der Waals surface area contributed by atoms with Crippen molar-refractivity contribution in [2.24, 2.45) is 0 Å². The summed E-state index contributed by atoms with van der Waals surface area (Å²) in [5.41, 5.74) is 9.13. The molecule has 0 fully saturated rings. The van der Waals surface area contributed by atoms with Crippen LogP contribution in [0.2, 0.25) is 0 Å². The molecular weight excluding hydrogens is 285 g/mol. The van der Waals surface area contributed by atoms with Crippen molar-refractivity contribution in [3.63, 3.8) is 0 Å². The molecule has 0 spiro atoms. The van der Waals surface area contributed by atoms with E-state index >= 15 is 0 Å². The normalized spacial score (nSPS) is 10.6. The number of thiazole rings is 1. The molecular formula is C16H14FN3S. The van der Waals surface area contributed by atoms with Gasteiger partial charge in [-0.15, -0.1) is 11.3 Å². The number of halogens is 1. The number of hydrogen-bond acceptors (Lipinski definition) is 4. The standard InChI is InChI=1S/C16H14FN3S/c1-10-15(11-5-7-12(17)8-6-11)20-16(21-10)19-14-4-2-3-13(18)9-14/h2-9H,18H2,1H3,(H,19,20). The molecule has 0 saturated carbocycles. The molecule has 0 bridgehead atoms. The van der Waals surface area contributed by atoms with Gasteiger partial charge in [-0.1, -0.05) is 6.07 Å². The van der Waals surface area contributed by atoms with Crippen LogP contribution in [0.1, 0.15) is 4.88 Å². The Kier molecular flexibility index (Phi) is 3.58. The van der Waals surface area contributed by atoms with Crippen molar-refractivity contribution in [3.05, 3.63) is 59.2 Å². The quantitative estimate of drug-likeness (QED) is 0.696. The first-order valence-corrected chi connectivity index (χ1v) is 7.29. The summed E-state index contributed by atoms with van der Waals surface area (Å²) in [4.78, 5) is 5.66. The summed E-state index contributed by atoms with van der Waals surface area (Å²) in [6.45, 7) is 2.00. The summed E-state index contributed by atoms with van der Waals surface area (Å²) in [6.07, 6.45) is 0. The van der Waals surface area contributed by atoms with Crippen LogP contribution in [0.15, 0.2) is 48.5 Å². The molecule has 0 saturated heterocycles. The van der Waals surface area contributed by atoms with Gasteiger partial charge in [-0.25, -0.2) is 9.37 Å². The van der Waals surface area contributed by atoms with E-state index in [1.807, 2.05) is 31.2 Å². The summed E-state index contributed by atoms with van der Waals surface area (Å²) < 4.78 is 13.0. The summed E-state index contributed by atoms with van der Waals surface area (Å²) in [5.74, 6) is -0.246. The fourth-order valence-electron chi connectivity index (χ4n) is 2.07. The highest BCUT2D eigenvalue weighted by Crippen LogP contribution is 2.32. The molecule has 1 aromatic heterocycles. The third-order valence-corrected chi connectivity index (χ3v) is 3.94. The molecule has 2 aromatic carbocycles. The van der Waals surface area contributed by atoms with E-state index in [0.717, 1.165) is 27.0 Å². The molecule has 3 N–H and O–H groups in total. The van der Waals surface area contributed by atoms with E-state index < -0.39 is 0 Å². The smallest absolute Gasteiger partial charge is 0.187 e. The molecule has 0 unspecified atom stereocenters. The maximum atomic E-state index is 13.0. The van der Waals surface area contributed by atoms with Crippen molar-refractivity contribution >= 4 is 27.8 Å². The SMILES string of the molecule is Cc1sc(Nc2cccc(N)c2)nc1-c1ccc(F)cc1. The first-order chi connectivity index (χ1) is 10.1. The topological polar surface area (TPSA) is 50.9 Å². The van der Waals surface area contributed by atoms with E-state index in [2.05, 4.69) is 10.3 Å². The van der Waals surface area contributed by atoms with Crippen LogP contribution in [0.4, 0.5) is 20.9 Å². The Morgan fingerprint density at radius 3 is 2.62 bits per heavy atom. The Hall–Kier alpha value is -2.40. The minimum Gasteiger partial charge on any atom is -0.399 e. The van der Waals surface area contributed by atoms with Crippen molar-refractivity contribution in [1.29, 1.82) is 0 Å². The van der Waals surface area contributed by atoms with Crippen LogP contribution >= 0.6 is 11.3 Å². The van der Waals surface area contributed by atoms with E-state index in [9.17, 15) is 4.39 Å². The van der Waals surface area contributed by atoms with Crippen LogP contribution < -0.4 is 11.1 Å². The Morgan fingerprint density at radius 2 is 1.90 bits per heavy atom. The average Bonchev–Trinajstić information content (AvgIpc) is 2.80. The first kappa shape index (κ1) is 13.6. The van der Waals surface area contributed by atoms with Crippen molar-refractivity contribution < 1.29 is 4.39 Å². The molecule has 0 atom stereocenters. The molecule has 0 aliphatic heterocycles. The van der Waals surface area contributed by atoms with Gasteiger partial charge in [0.2, 0.25) is 0 Å². The van der Waals surface area contributed by atoms with Crippen molar-refractivity contribution in [2.45, 2.75) is 6.92 Å². The van der Waals surface area contributed by atoms with Gasteiger partial charge < -0.3 is 11.1 Å². The number of hydrogen-bond donors (Lipinski definition) is 2. The number of benzene rings is 2. The van der Waals surface area contributed by atoms with Crippen LogP contribution in [0.25, 0.3) is 11.3 Å². The lowest BCUT2D eigenvalue weighted by molar-refractivity contribution is 0.628. The molecule has 106 valence electrons. The van der Waals surface area contributed by atoms with Gasteiger partial charge >= 0.3 is 0 Å². The lowest BCUT2D eigenvalue weighted by Crippen LogP contribution is -1.91. The average molecular weight is 299 g/mol.